The smallest absolute Gasteiger partial charge is 0.389 e. The largest absolute Gasteiger partial charge is 0.480 e. The molecule has 0 saturated carbocycles. The molecule has 8 heteroatoms. The second-order valence-electron chi connectivity index (χ2n) is 4.01. The third-order valence-electron chi connectivity index (χ3n) is 2.35. The number of ether oxygens (including phenoxy) is 1. The Kier molecular flexibility index (Phi) is 6.51. The van der Waals surface area contributed by atoms with Gasteiger partial charge in [0.1, 0.15) is 0 Å². The van der Waals surface area contributed by atoms with E-state index in [1.54, 1.807) is 6.92 Å². The summed E-state index contributed by atoms with van der Waals surface area (Å²) in [6, 6.07) is 0. The first-order valence-corrected chi connectivity index (χ1v) is 5.61. The predicted molar refractivity (Wildman–Crippen MR) is 57.3 cm³/mol. The summed E-state index contributed by atoms with van der Waals surface area (Å²) in [7, 11) is 0. The number of hydrogen-bond acceptors (Lipinski definition) is 4. The van der Waals surface area contributed by atoms with Gasteiger partial charge in [-0.2, -0.15) is 13.2 Å². The van der Waals surface area contributed by atoms with E-state index in [4.69, 9.17) is 5.11 Å². The number of hydrogen-bond donors (Lipinski definition) is 1. The molecule has 0 heterocycles. The second-order valence-corrected chi connectivity index (χ2v) is 4.01. The molecule has 0 aromatic rings. The Morgan fingerprint density at radius 3 is 2.16 bits per heavy atom. The summed E-state index contributed by atoms with van der Waals surface area (Å²) < 4.78 is 40.4. The molecule has 0 aliphatic carbocycles. The van der Waals surface area contributed by atoms with E-state index in [1.807, 2.05) is 0 Å². The highest BCUT2D eigenvalue weighted by molar-refractivity contribution is 6.14. The zero-order valence-electron chi connectivity index (χ0n) is 10.5. The first-order chi connectivity index (χ1) is 8.58. The zero-order chi connectivity index (χ0) is 15.2. The fourth-order valence-electron chi connectivity index (χ4n) is 1.13. The molecule has 0 aromatic carbocycles. The molecule has 0 radical (unpaired) electrons. The number of halogens is 3. The number of carboxylic acids is 1. The van der Waals surface area contributed by atoms with Crippen molar-refractivity contribution in [3.63, 3.8) is 0 Å². The highest BCUT2D eigenvalue weighted by Gasteiger charge is 2.38. The van der Waals surface area contributed by atoms with Crippen molar-refractivity contribution >= 4 is 17.7 Å². The van der Waals surface area contributed by atoms with Gasteiger partial charge >= 0.3 is 18.1 Å². The number of carbonyl (C=O) groups excluding carboxylic acids is 2. The Bertz CT molecular complexity index is 351. The van der Waals surface area contributed by atoms with Gasteiger partial charge in [-0.3, -0.25) is 14.4 Å². The summed E-state index contributed by atoms with van der Waals surface area (Å²) in [4.78, 5) is 33.5. The van der Waals surface area contributed by atoms with Gasteiger partial charge in [0.25, 0.3) is 0 Å². The van der Waals surface area contributed by atoms with Gasteiger partial charge in [-0.15, -0.1) is 0 Å². The Balaban J connectivity index is 4.68. The minimum absolute atomic E-state index is 0.398. The molecule has 0 amide bonds. The molecule has 0 fully saturated rings. The average molecular weight is 284 g/mol. The molecular weight excluding hydrogens is 269 g/mol. The van der Waals surface area contributed by atoms with Crippen LogP contribution < -0.4 is 0 Å². The maximum atomic E-state index is 11.9. The van der Waals surface area contributed by atoms with Crippen LogP contribution in [0.4, 0.5) is 13.2 Å². The molecule has 19 heavy (non-hydrogen) atoms. The number of Topliss-reactive ketones (excluding diaryl/α,β-unsaturated/α-hetero) is 1. The first kappa shape index (κ1) is 17.4. The van der Waals surface area contributed by atoms with Crippen molar-refractivity contribution in [2.45, 2.75) is 45.4 Å². The number of alkyl halides is 3. The molecule has 2 atom stereocenters. The van der Waals surface area contributed by atoms with Gasteiger partial charge in [0, 0.05) is 6.42 Å². The molecule has 0 aromatic heterocycles. The van der Waals surface area contributed by atoms with E-state index in [-0.39, 0.29) is 0 Å². The van der Waals surface area contributed by atoms with Crippen molar-refractivity contribution in [1.82, 2.24) is 0 Å². The van der Waals surface area contributed by atoms with E-state index in [2.05, 4.69) is 4.74 Å². The van der Waals surface area contributed by atoms with E-state index in [0.717, 1.165) is 0 Å². The lowest BCUT2D eigenvalue weighted by Crippen LogP contribution is -2.35. The molecule has 0 aliphatic rings. The lowest BCUT2D eigenvalue weighted by molar-refractivity contribution is -0.166. The molecule has 0 aliphatic heterocycles. The van der Waals surface area contributed by atoms with Crippen molar-refractivity contribution in [3.05, 3.63) is 0 Å². The topological polar surface area (TPSA) is 80.7 Å². The van der Waals surface area contributed by atoms with Gasteiger partial charge < -0.3 is 9.84 Å². The van der Waals surface area contributed by atoms with Gasteiger partial charge in [-0.1, -0.05) is 6.92 Å². The Morgan fingerprint density at radius 1 is 1.26 bits per heavy atom. The van der Waals surface area contributed by atoms with E-state index >= 15 is 0 Å². The van der Waals surface area contributed by atoms with Crippen LogP contribution in [0.15, 0.2) is 0 Å². The van der Waals surface area contributed by atoms with Crippen LogP contribution in [0, 0.1) is 5.92 Å². The predicted octanol–water partition coefficient (Wildman–Crippen LogP) is 1.94. The van der Waals surface area contributed by atoms with E-state index in [1.165, 1.54) is 6.92 Å². The minimum Gasteiger partial charge on any atom is -0.480 e. The van der Waals surface area contributed by atoms with E-state index < -0.39 is 48.8 Å². The van der Waals surface area contributed by atoms with Crippen LogP contribution in [0.25, 0.3) is 0 Å². The third-order valence-corrected chi connectivity index (χ3v) is 2.35. The number of carbonyl (C=O) groups is 3. The van der Waals surface area contributed by atoms with Crippen molar-refractivity contribution in [1.29, 1.82) is 0 Å². The van der Waals surface area contributed by atoms with Crippen LogP contribution in [0.5, 0.6) is 0 Å². The standard InChI is InChI=1S/C11H15F3O5/c1-3-6(2)19-10(18)8(9(16)17)7(15)4-5-11(12,13)14/h6,8H,3-5H2,1-2H3,(H,16,17). The lowest BCUT2D eigenvalue weighted by Gasteiger charge is -2.15. The van der Waals surface area contributed by atoms with Crippen molar-refractivity contribution < 1.29 is 37.4 Å². The molecule has 0 saturated heterocycles. The maximum Gasteiger partial charge on any atom is 0.389 e. The molecule has 5 nitrogen and oxygen atoms in total. The number of rotatable bonds is 7. The number of ketones is 1. The fraction of sp³-hybridized carbons (Fsp3) is 0.727. The van der Waals surface area contributed by atoms with Gasteiger partial charge in [0.15, 0.2) is 5.78 Å². The van der Waals surface area contributed by atoms with Crippen LogP contribution in [0.1, 0.15) is 33.1 Å². The van der Waals surface area contributed by atoms with Crippen molar-refractivity contribution in [2.75, 3.05) is 0 Å². The Hall–Kier alpha value is -1.60. The van der Waals surface area contributed by atoms with Crippen molar-refractivity contribution in [2.24, 2.45) is 5.92 Å². The maximum absolute atomic E-state index is 11.9. The summed E-state index contributed by atoms with van der Waals surface area (Å²) in [5.41, 5.74) is 0. The Morgan fingerprint density at radius 2 is 1.79 bits per heavy atom. The molecule has 2 unspecified atom stereocenters. The number of esters is 1. The van der Waals surface area contributed by atoms with Gasteiger partial charge in [0.05, 0.1) is 12.5 Å². The van der Waals surface area contributed by atoms with E-state index in [9.17, 15) is 27.6 Å². The van der Waals surface area contributed by atoms with Crippen LogP contribution >= 0.6 is 0 Å². The lowest BCUT2D eigenvalue weighted by atomic mass is 10.0. The van der Waals surface area contributed by atoms with Crippen LogP contribution in [-0.2, 0) is 19.1 Å². The van der Waals surface area contributed by atoms with Gasteiger partial charge in [0.2, 0.25) is 5.92 Å². The quantitative estimate of drug-likeness (QED) is 0.570. The molecule has 0 rings (SSSR count). The monoisotopic (exact) mass is 284 g/mol. The Labute approximate surface area is 107 Å². The normalized spacial score (nSPS) is 14.6. The van der Waals surface area contributed by atoms with E-state index in [0.29, 0.717) is 6.42 Å². The third kappa shape index (κ3) is 6.78. The summed E-state index contributed by atoms with van der Waals surface area (Å²) in [5.74, 6) is -6.64. The molecule has 0 spiro atoms. The summed E-state index contributed by atoms with van der Waals surface area (Å²) in [6.07, 6.45) is -7.32. The average Bonchev–Trinajstić information content (AvgIpc) is 2.24. The van der Waals surface area contributed by atoms with Gasteiger partial charge in [-0.25, -0.2) is 0 Å². The molecule has 0 bridgehead atoms. The molecule has 1 N–H and O–H groups in total. The second kappa shape index (κ2) is 7.10. The highest BCUT2D eigenvalue weighted by Crippen LogP contribution is 2.23. The SMILES string of the molecule is CCC(C)OC(=O)C(C(=O)O)C(=O)CCC(F)(F)F. The zero-order valence-corrected chi connectivity index (χ0v) is 10.5. The number of carboxylic acid groups (broad SMARTS) is 1. The minimum atomic E-state index is -4.58. The van der Waals surface area contributed by atoms with Crippen LogP contribution in [-0.4, -0.2) is 35.1 Å². The van der Waals surface area contributed by atoms with Gasteiger partial charge in [-0.05, 0) is 13.3 Å². The summed E-state index contributed by atoms with van der Waals surface area (Å²) >= 11 is 0. The van der Waals surface area contributed by atoms with Crippen LogP contribution in [0.3, 0.4) is 0 Å². The highest BCUT2D eigenvalue weighted by atomic mass is 19.4. The van der Waals surface area contributed by atoms with Crippen molar-refractivity contribution in [3.8, 4) is 0 Å². The summed E-state index contributed by atoms with van der Waals surface area (Å²) in [5, 5.41) is 8.73. The molecular formula is C11H15F3O5. The summed E-state index contributed by atoms with van der Waals surface area (Å²) in [6.45, 7) is 3.15. The number of aliphatic carboxylic acids is 1. The molecule has 110 valence electrons. The fourth-order valence-corrected chi connectivity index (χ4v) is 1.13. The van der Waals surface area contributed by atoms with Crippen LogP contribution in [0.2, 0.25) is 0 Å². The first-order valence-electron chi connectivity index (χ1n) is 5.61.